The van der Waals surface area contributed by atoms with E-state index in [4.69, 9.17) is 14.2 Å². The summed E-state index contributed by atoms with van der Waals surface area (Å²) in [6, 6.07) is 0. The van der Waals surface area contributed by atoms with E-state index in [-0.39, 0.29) is 18.6 Å². The molecule has 0 saturated heterocycles. The summed E-state index contributed by atoms with van der Waals surface area (Å²) in [5.41, 5.74) is 0. The van der Waals surface area contributed by atoms with Crippen molar-refractivity contribution < 1.29 is 19.0 Å². The first-order valence-corrected chi connectivity index (χ1v) is 4.54. The Labute approximate surface area is 84.7 Å². The van der Waals surface area contributed by atoms with Gasteiger partial charge >= 0.3 is 0 Å². The average Bonchev–Trinajstić information content (AvgIpc) is 2.16. The minimum atomic E-state index is -0.405. The fourth-order valence-corrected chi connectivity index (χ4v) is 0.753. The molecule has 0 aromatic rings. The van der Waals surface area contributed by atoms with E-state index in [9.17, 15) is 4.79 Å². The van der Waals surface area contributed by atoms with Gasteiger partial charge < -0.3 is 19.5 Å². The van der Waals surface area contributed by atoms with E-state index in [0.717, 1.165) is 0 Å². The van der Waals surface area contributed by atoms with Crippen LogP contribution in [0.2, 0.25) is 0 Å². The van der Waals surface area contributed by atoms with Crippen LogP contribution in [0.1, 0.15) is 13.8 Å². The molecule has 5 nitrogen and oxygen atoms in total. The monoisotopic (exact) mass is 205 g/mol. The molecule has 0 bridgehead atoms. The van der Waals surface area contributed by atoms with Crippen molar-refractivity contribution in [2.24, 2.45) is 0 Å². The molecule has 0 rings (SSSR count). The topological polar surface area (TPSA) is 56.8 Å². The molecule has 0 fully saturated rings. The fraction of sp³-hybridized carbons (Fsp3) is 0.889. The van der Waals surface area contributed by atoms with Gasteiger partial charge in [0.05, 0.1) is 12.6 Å². The van der Waals surface area contributed by atoms with Crippen molar-refractivity contribution in [3.8, 4) is 0 Å². The van der Waals surface area contributed by atoms with Crippen molar-refractivity contribution in [3.05, 3.63) is 0 Å². The summed E-state index contributed by atoms with van der Waals surface area (Å²) >= 11 is 0. The third-order valence-electron chi connectivity index (χ3n) is 1.54. The van der Waals surface area contributed by atoms with Crippen LogP contribution < -0.4 is 5.32 Å². The fourth-order valence-electron chi connectivity index (χ4n) is 0.753. The molecule has 0 atom stereocenters. The van der Waals surface area contributed by atoms with Crippen LogP contribution in [0, 0.1) is 0 Å². The summed E-state index contributed by atoms with van der Waals surface area (Å²) in [4.78, 5) is 11.1. The maximum Gasteiger partial charge on any atom is 0.246 e. The van der Waals surface area contributed by atoms with Gasteiger partial charge in [-0.05, 0) is 13.8 Å². The standard InChI is InChI=1S/C9H19NO4/c1-7(2)14-6-8(11)10-5-9(12-3)13-4/h7,9H,5-6H2,1-4H3,(H,10,11). The van der Waals surface area contributed by atoms with E-state index in [1.165, 1.54) is 14.2 Å². The minimum absolute atomic E-state index is 0.0568. The Kier molecular flexibility index (Phi) is 7.37. The number of nitrogens with one attached hydrogen (secondary N) is 1. The first-order valence-electron chi connectivity index (χ1n) is 4.54. The number of carbonyl (C=O) groups is 1. The SMILES string of the molecule is COC(CNC(=O)COC(C)C)OC. The van der Waals surface area contributed by atoms with Gasteiger partial charge in [0, 0.05) is 14.2 Å². The van der Waals surface area contributed by atoms with Crippen LogP contribution in [0.5, 0.6) is 0 Å². The molecule has 0 heterocycles. The lowest BCUT2D eigenvalue weighted by Crippen LogP contribution is -2.36. The molecule has 0 radical (unpaired) electrons. The summed E-state index contributed by atoms with van der Waals surface area (Å²) < 4.78 is 14.9. The van der Waals surface area contributed by atoms with E-state index >= 15 is 0 Å². The van der Waals surface area contributed by atoms with Crippen LogP contribution in [0.15, 0.2) is 0 Å². The van der Waals surface area contributed by atoms with Gasteiger partial charge in [0.2, 0.25) is 5.91 Å². The molecule has 0 unspecified atom stereocenters. The van der Waals surface area contributed by atoms with Gasteiger partial charge in [-0.25, -0.2) is 0 Å². The highest BCUT2D eigenvalue weighted by molar-refractivity contribution is 5.77. The van der Waals surface area contributed by atoms with Gasteiger partial charge in [-0.2, -0.15) is 0 Å². The highest BCUT2D eigenvalue weighted by atomic mass is 16.7. The lowest BCUT2D eigenvalue weighted by atomic mass is 10.5. The molecule has 0 aromatic carbocycles. The molecule has 0 aromatic heterocycles. The first kappa shape index (κ1) is 13.4. The number of methoxy groups -OCH3 is 2. The molecular weight excluding hydrogens is 186 g/mol. The first-order chi connectivity index (χ1) is 6.60. The van der Waals surface area contributed by atoms with Crippen LogP contribution in [-0.4, -0.2) is 45.7 Å². The largest absolute Gasteiger partial charge is 0.369 e. The van der Waals surface area contributed by atoms with Crippen molar-refractivity contribution in [2.75, 3.05) is 27.4 Å². The van der Waals surface area contributed by atoms with E-state index < -0.39 is 6.29 Å². The molecule has 0 spiro atoms. The normalized spacial score (nSPS) is 11.0. The van der Waals surface area contributed by atoms with Crippen molar-refractivity contribution in [3.63, 3.8) is 0 Å². The summed E-state index contributed by atoms with van der Waals surface area (Å²) in [5.74, 6) is -0.169. The molecule has 5 heteroatoms. The summed E-state index contributed by atoms with van der Waals surface area (Å²) in [7, 11) is 3.04. The summed E-state index contributed by atoms with van der Waals surface area (Å²) in [5, 5.41) is 2.63. The smallest absolute Gasteiger partial charge is 0.246 e. The van der Waals surface area contributed by atoms with E-state index in [0.29, 0.717) is 6.54 Å². The predicted octanol–water partition coefficient (Wildman–Crippen LogP) is 0.147. The second kappa shape index (κ2) is 7.73. The lowest BCUT2D eigenvalue weighted by molar-refractivity contribution is -0.132. The van der Waals surface area contributed by atoms with E-state index in [1.807, 2.05) is 13.8 Å². The van der Waals surface area contributed by atoms with Gasteiger partial charge in [0.25, 0.3) is 0 Å². The Hall–Kier alpha value is -0.650. The zero-order valence-corrected chi connectivity index (χ0v) is 9.20. The van der Waals surface area contributed by atoms with Crippen LogP contribution in [-0.2, 0) is 19.0 Å². The Balaban J connectivity index is 3.52. The van der Waals surface area contributed by atoms with Crippen molar-refractivity contribution in [1.29, 1.82) is 0 Å². The zero-order chi connectivity index (χ0) is 11.0. The van der Waals surface area contributed by atoms with Crippen molar-refractivity contribution in [1.82, 2.24) is 5.32 Å². The lowest BCUT2D eigenvalue weighted by Gasteiger charge is -2.14. The van der Waals surface area contributed by atoms with Crippen molar-refractivity contribution >= 4 is 5.91 Å². The zero-order valence-electron chi connectivity index (χ0n) is 9.20. The van der Waals surface area contributed by atoms with Gasteiger partial charge in [-0.3, -0.25) is 4.79 Å². The van der Waals surface area contributed by atoms with Crippen LogP contribution in [0.4, 0.5) is 0 Å². The highest BCUT2D eigenvalue weighted by Gasteiger charge is 2.08. The van der Waals surface area contributed by atoms with Crippen LogP contribution in [0.25, 0.3) is 0 Å². The predicted molar refractivity (Wildman–Crippen MR) is 51.9 cm³/mol. The van der Waals surface area contributed by atoms with E-state index in [1.54, 1.807) is 0 Å². The molecular formula is C9H19NO4. The van der Waals surface area contributed by atoms with Crippen LogP contribution in [0.3, 0.4) is 0 Å². The molecule has 1 N–H and O–H groups in total. The number of carbonyl (C=O) groups excluding carboxylic acids is 1. The van der Waals surface area contributed by atoms with Gasteiger partial charge in [0.15, 0.2) is 6.29 Å². The molecule has 0 saturated carbocycles. The molecule has 0 aliphatic heterocycles. The average molecular weight is 205 g/mol. The Morgan fingerprint density at radius 3 is 2.29 bits per heavy atom. The maximum absolute atomic E-state index is 11.1. The molecule has 0 aliphatic carbocycles. The highest BCUT2D eigenvalue weighted by Crippen LogP contribution is 1.89. The van der Waals surface area contributed by atoms with Gasteiger partial charge in [-0.15, -0.1) is 0 Å². The third-order valence-corrected chi connectivity index (χ3v) is 1.54. The maximum atomic E-state index is 11.1. The summed E-state index contributed by atoms with van der Waals surface area (Å²) in [6.07, 6.45) is -0.348. The number of hydrogen-bond donors (Lipinski definition) is 1. The second-order valence-corrected chi connectivity index (χ2v) is 3.06. The Morgan fingerprint density at radius 2 is 1.86 bits per heavy atom. The number of amides is 1. The Morgan fingerprint density at radius 1 is 1.29 bits per heavy atom. The molecule has 1 amide bonds. The van der Waals surface area contributed by atoms with Crippen molar-refractivity contribution in [2.45, 2.75) is 26.2 Å². The quantitative estimate of drug-likeness (QED) is 0.601. The molecule has 0 aliphatic rings. The van der Waals surface area contributed by atoms with Gasteiger partial charge in [-0.1, -0.05) is 0 Å². The minimum Gasteiger partial charge on any atom is -0.369 e. The third kappa shape index (κ3) is 6.82. The number of ether oxygens (including phenoxy) is 3. The second-order valence-electron chi connectivity index (χ2n) is 3.06. The number of rotatable bonds is 7. The molecule has 84 valence electrons. The van der Waals surface area contributed by atoms with E-state index in [2.05, 4.69) is 5.32 Å². The van der Waals surface area contributed by atoms with Crippen LogP contribution >= 0.6 is 0 Å². The number of hydrogen-bond acceptors (Lipinski definition) is 4. The summed E-state index contributed by atoms with van der Waals surface area (Å²) in [6.45, 7) is 4.14. The Bertz CT molecular complexity index is 157. The van der Waals surface area contributed by atoms with Gasteiger partial charge in [0.1, 0.15) is 6.61 Å². The molecule has 14 heavy (non-hydrogen) atoms.